The zero-order valence-electron chi connectivity index (χ0n) is 11.5. The molecule has 0 amide bonds. The quantitative estimate of drug-likeness (QED) is 0.919. The molecule has 0 saturated heterocycles. The highest BCUT2D eigenvalue weighted by atomic mass is 16.4. The van der Waals surface area contributed by atoms with Crippen LogP contribution in [0.4, 0.5) is 0 Å². The molecule has 0 aliphatic heterocycles. The summed E-state index contributed by atoms with van der Waals surface area (Å²) in [5.74, 6) is 0.725. The molecular weight excluding hydrogens is 240 g/mol. The number of carboxylic acids is 1. The van der Waals surface area contributed by atoms with Crippen LogP contribution in [0, 0.1) is 12.8 Å². The van der Waals surface area contributed by atoms with Crippen LogP contribution >= 0.6 is 0 Å². The van der Waals surface area contributed by atoms with Crippen molar-refractivity contribution in [2.24, 2.45) is 5.92 Å². The molecule has 100 valence electrons. The maximum atomic E-state index is 11.1. The summed E-state index contributed by atoms with van der Waals surface area (Å²) in [5, 5.41) is 9.14. The first-order valence-corrected chi connectivity index (χ1v) is 6.64. The average Bonchev–Trinajstić information content (AvgIpc) is 3.11. The number of aryl methyl sites for hydroxylation is 1. The van der Waals surface area contributed by atoms with Gasteiger partial charge in [-0.15, -0.1) is 0 Å². The summed E-state index contributed by atoms with van der Waals surface area (Å²) in [7, 11) is 0. The molecule has 0 bridgehead atoms. The van der Waals surface area contributed by atoms with E-state index >= 15 is 0 Å². The number of carboxylic acid groups (broad SMARTS) is 1. The molecule has 2 aromatic rings. The second-order valence-electron chi connectivity index (χ2n) is 5.93. The molecule has 0 atom stereocenters. The molecule has 1 fully saturated rings. The van der Waals surface area contributed by atoms with E-state index in [9.17, 15) is 4.79 Å². The lowest BCUT2D eigenvalue weighted by Gasteiger charge is -2.29. The van der Waals surface area contributed by atoms with Crippen molar-refractivity contribution in [3.63, 3.8) is 0 Å². The number of rotatable bonds is 3. The van der Waals surface area contributed by atoms with Crippen molar-refractivity contribution in [1.82, 2.24) is 9.55 Å². The van der Waals surface area contributed by atoms with Gasteiger partial charge in [0.1, 0.15) is 5.82 Å². The van der Waals surface area contributed by atoms with Gasteiger partial charge in [0.05, 0.1) is 16.6 Å². The molecule has 1 aliphatic carbocycles. The summed E-state index contributed by atoms with van der Waals surface area (Å²) in [6.45, 7) is 6.42. The Morgan fingerprint density at radius 1 is 1.42 bits per heavy atom. The van der Waals surface area contributed by atoms with Gasteiger partial charge < -0.3 is 9.67 Å². The topological polar surface area (TPSA) is 55.1 Å². The number of hydrogen-bond acceptors (Lipinski definition) is 2. The molecule has 3 rings (SSSR count). The molecule has 1 heterocycles. The maximum Gasteiger partial charge on any atom is 0.335 e. The first kappa shape index (κ1) is 12.2. The third-order valence-electron chi connectivity index (χ3n) is 4.22. The lowest BCUT2D eigenvalue weighted by Crippen LogP contribution is -2.29. The van der Waals surface area contributed by atoms with Gasteiger partial charge in [0, 0.05) is 5.54 Å². The molecule has 1 saturated carbocycles. The predicted molar refractivity (Wildman–Crippen MR) is 73.5 cm³/mol. The minimum atomic E-state index is -0.892. The van der Waals surface area contributed by atoms with Crippen molar-refractivity contribution in [3.8, 4) is 0 Å². The molecule has 19 heavy (non-hydrogen) atoms. The minimum absolute atomic E-state index is 0.00401. The third kappa shape index (κ3) is 1.82. The lowest BCUT2D eigenvalue weighted by molar-refractivity contribution is 0.0697. The van der Waals surface area contributed by atoms with E-state index in [-0.39, 0.29) is 5.54 Å². The van der Waals surface area contributed by atoms with Gasteiger partial charge >= 0.3 is 5.97 Å². The zero-order valence-corrected chi connectivity index (χ0v) is 11.5. The Labute approximate surface area is 112 Å². The monoisotopic (exact) mass is 258 g/mol. The van der Waals surface area contributed by atoms with Crippen LogP contribution in [0.25, 0.3) is 11.0 Å². The number of imidazole rings is 1. The minimum Gasteiger partial charge on any atom is -0.478 e. The van der Waals surface area contributed by atoms with Crippen LogP contribution < -0.4 is 0 Å². The van der Waals surface area contributed by atoms with Gasteiger partial charge in [-0.2, -0.15) is 0 Å². The Hall–Kier alpha value is -1.84. The first-order chi connectivity index (χ1) is 8.91. The highest BCUT2D eigenvalue weighted by Gasteiger charge is 2.40. The zero-order chi connectivity index (χ0) is 13.8. The molecule has 1 aromatic heterocycles. The van der Waals surface area contributed by atoms with Crippen molar-refractivity contribution >= 4 is 17.0 Å². The fourth-order valence-electron chi connectivity index (χ4n) is 3.03. The van der Waals surface area contributed by atoms with Crippen LogP contribution in [0.5, 0.6) is 0 Å². The van der Waals surface area contributed by atoms with Gasteiger partial charge in [-0.3, -0.25) is 0 Å². The van der Waals surface area contributed by atoms with Crippen molar-refractivity contribution in [3.05, 3.63) is 29.6 Å². The fourth-order valence-corrected chi connectivity index (χ4v) is 3.03. The highest BCUT2D eigenvalue weighted by molar-refractivity contribution is 5.92. The van der Waals surface area contributed by atoms with Gasteiger partial charge in [0.2, 0.25) is 0 Å². The van der Waals surface area contributed by atoms with Crippen LogP contribution in [-0.4, -0.2) is 20.6 Å². The number of aromatic carboxylic acids is 1. The van der Waals surface area contributed by atoms with E-state index in [1.165, 1.54) is 12.8 Å². The number of nitrogens with zero attached hydrogens (tertiary/aromatic N) is 2. The SMILES string of the molecule is Cc1nc2ccc(C(=O)O)cc2n1C(C)(C)C1CC1. The van der Waals surface area contributed by atoms with Gasteiger partial charge in [0.25, 0.3) is 0 Å². The second kappa shape index (κ2) is 3.83. The number of benzene rings is 1. The Bertz CT molecular complexity index is 666. The fraction of sp³-hybridized carbons (Fsp3) is 0.467. The van der Waals surface area contributed by atoms with Crippen LogP contribution in [0.2, 0.25) is 0 Å². The molecule has 1 N–H and O–H groups in total. The smallest absolute Gasteiger partial charge is 0.335 e. The third-order valence-corrected chi connectivity index (χ3v) is 4.22. The first-order valence-electron chi connectivity index (χ1n) is 6.64. The van der Waals surface area contributed by atoms with Crippen molar-refractivity contribution in [2.45, 2.75) is 39.2 Å². The lowest BCUT2D eigenvalue weighted by atomic mass is 9.97. The number of carbonyl (C=O) groups is 1. The van der Waals surface area contributed by atoms with Crippen LogP contribution in [0.15, 0.2) is 18.2 Å². The van der Waals surface area contributed by atoms with Gasteiger partial charge in [-0.25, -0.2) is 9.78 Å². The summed E-state index contributed by atoms with van der Waals surface area (Å²) < 4.78 is 2.20. The number of fused-ring (bicyclic) bond motifs is 1. The van der Waals surface area contributed by atoms with Gasteiger partial charge in [0.15, 0.2) is 0 Å². The van der Waals surface area contributed by atoms with Crippen molar-refractivity contribution in [2.75, 3.05) is 0 Å². The van der Waals surface area contributed by atoms with Crippen molar-refractivity contribution in [1.29, 1.82) is 0 Å². The number of aromatic nitrogens is 2. The van der Waals surface area contributed by atoms with E-state index < -0.39 is 5.97 Å². The Balaban J connectivity index is 2.24. The van der Waals surface area contributed by atoms with E-state index in [4.69, 9.17) is 5.11 Å². The largest absolute Gasteiger partial charge is 0.478 e. The van der Waals surface area contributed by atoms with E-state index in [1.54, 1.807) is 18.2 Å². The Morgan fingerprint density at radius 3 is 2.68 bits per heavy atom. The summed E-state index contributed by atoms with van der Waals surface area (Å²) in [4.78, 5) is 15.7. The van der Waals surface area contributed by atoms with E-state index in [1.807, 2.05) is 6.92 Å². The molecule has 1 aromatic carbocycles. The molecule has 1 aliphatic rings. The summed E-state index contributed by atoms with van der Waals surface area (Å²) in [5.41, 5.74) is 2.11. The second-order valence-corrected chi connectivity index (χ2v) is 5.93. The Morgan fingerprint density at radius 2 is 2.11 bits per heavy atom. The molecule has 0 unspecified atom stereocenters. The predicted octanol–water partition coefficient (Wildman–Crippen LogP) is 3.19. The summed E-state index contributed by atoms with van der Waals surface area (Å²) >= 11 is 0. The standard InChI is InChI=1S/C15H18N2O2/c1-9-16-12-7-4-10(14(18)19)8-13(12)17(9)15(2,3)11-5-6-11/h4,7-8,11H,5-6H2,1-3H3,(H,18,19). The van der Waals surface area contributed by atoms with Gasteiger partial charge in [-0.1, -0.05) is 0 Å². The van der Waals surface area contributed by atoms with E-state index in [0.717, 1.165) is 16.9 Å². The molecular formula is C15H18N2O2. The molecule has 4 nitrogen and oxygen atoms in total. The van der Waals surface area contributed by atoms with Crippen molar-refractivity contribution < 1.29 is 9.90 Å². The summed E-state index contributed by atoms with van der Waals surface area (Å²) in [6.07, 6.45) is 2.48. The summed E-state index contributed by atoms with van der Waals surface area (Å²) in [6, 6.07) is 5.15. The van der Waals surface area contributed by atoms with Gasteiger partial charge in [-0.05, 0) is 57.7 Å². The molecule has 0 radical (unpaired) electrons. The van der Waals surface area contributed by atoms with Crippen LogP contribution in [0.3, 0.4) is 0 Å². The van der Waals surface area contributed by atoms with E-state index in [2.05, 4.69) is 23.4 Å². The normalized spacial score (nSPS) is 15.9. The van der Waals surface area contributed by atoms with Crippen LogP contribution in [0.1, 0.15) is 42.9 Å². The highest BCUT2D eigenvalue weighted by Crippen LogP contribution is 2.45. The average molecular weight is 258 g/mol. The Kier molecular flexibility index (Phi) is 2.46. The maximum absolute atomic E-state index is 11.1. The molecule has 0 spiro atoms. The number of hydrogen-bond donors (Lipinski definition) is 1. The molecule has 4 heteroatoms. The van der Waals surface area contributed by atoms with E-state index in [0.29, 0.717) is 11.5 Å². The van der Waals surface area contributed by atoms with Crippen LogP contribution in [-0.2, 0) is 5.54 Å².